The Bertz CT molecular complexity index is 581. The molecule has 1 unspecified atom stereocenters. The van der Waals surface area contributed by atoms with Gasteiger partial charge in [-0.15, -0.1) is 0 Å². The van der Waals surface area contributed by atoms with Crippen molar-refractivity contribution in [2.24, 2.45) is 0 Å². The van der Waals surface area contributed by atoms with Crippen LogP contribution in [0.15, 0.2) is 36.4 Å². The summed E-state index contributed by atoms with van der Waals surface area (Å²) in [7, 11) is 0. The largest absolute Gasteiger partial charge is 0.384 e. The van der Waals surface area contributed by atoms with E-state index < -0.39 is 6.10 Å². The van der Waals surface area contributed by atoms with Crippen molar-refractivity contribution in [2.45, 2.75) is 20.0 Å². The molecule has 2 aromatic rings. The van der Waals surface area contributed by atoms with Gasteiger partial charge < -0.3 is 5.11 Å². The number of aryl methyl sites for hydroxylation is 1. The number of rotatable bonds is 2. The molecule has 1 N–H and O–H groups in total. The lowest BCUT2D eigenvalue weighted by Gasteiger charge is -2.16. The summed E-state index contributed by atoms with van der Waals surface area (Å²) >= 11 is 8.28. The first-order valence-electron chi connectivity index (χ1n) is 5.70. The Morgan fingerprint density at radius 3 is 2.56 bits per heavy atom. The molecule has 0 bridgehead atoms. The summed E-state index contributed by atoms with van der Waals surface area (Å²) in [5.74, 6) is 0. The molecule has 0 saturated heterocycles. The van der Waals surface area contributed by atoms with Crippen LogP contribution >= 0.6 is 34.2 Å². The Hall–Kier alpha value is -0.580. The zero-order chi connectivity index (χ0) is 13.3. The number of halogens is 2. The fourth-order valence-corrected chi connectivity index (χ4v) is 2.46. The number of benzene rings is 2. The maximum Gasteiger partial charge on any atom is 0.104 e. The molecular weight excluding hydrogens is 359 g/mol. The fraction of sp³-hybridized carbons (Fsp3) is 0.200. The van der Waals surface area contributed by atoms with Crippen molar-refractivity contribution in [3.63, 3.8) is 0 Å². The van der Waals surface area contributed by atoms with Crippen LogP contribution in [-0.2, 0) is 0 Å². The quantitative estimate of drug-likeness (QED) is 0.761. The molecule has 1 nitrogen and oxygen atoms in total. The standard InChI is InChI=1S/C15H14ClIO/c1-9-4-3-5-12(10(9)2)15(18)11-6-7-14(17)13(16)8-11/h3-8,15,18H,1-2H3. The molecule has 0 aliphatic rings. The molecule has 0 aliphatic carbocycles. The van der Waals surface area contributed by atoms with Gasteiger partial charge in [0.15, 0.2) is 0 Å². The summed E-state index contributed by atoms with van der Waals surface area (Å²) < 4.78 is 0.992. The first-order valence-corrected chi connectivity index (χ1v) is 7.15. The zero-order valence-corrected chi connectivity index (χ0v) is 13.2. The van der Waals surface area contributed by atoms with Crippen LogP contribution in [0.4, 0.5) is 0 Å². The highest BCUT2D eigenvalue weighted by Gasteiger charge is 2.14. The smallest absolute Gasteiger partial charge is 0.104 e. The Labute approximate surface area is 126 Å². The van der Waals surface area contributed by atoms with E-state index in [9.17, 15) is 5.11 Å². The minimum absolute atomic E-state index is 0.626. The van der Waals surface area contributed by atoms with Crippen molar-refractivity contribution >= 4 is 34.2 Å². The van der Waals surface area contributed by atoms with E-state index in [1.54, 1.807) is 0 Å². The van der Waals surface area contributed by atoms with Gasteiger partial charge in [-0.2, -0.15) is 0 Å². The van der Waals surface area contributed by atoms with Gasteiger partial charge >= 0.3 is 0 Å². The van der Waals surface area contributed by atoms with Crippen LogP contribution in [0, 0.1) is 17.4 Å². The molecule has 0 aromatic heterocycles. The Morgan fingerprint density at radius 2 is 1.89 bits per heavy atom. The Balaban J connectivity index is 2.44. The molecule has 18 heavy (non-hydrogen) atoms. The highest BCUT2D eigenvalue weighted by molar-refractivity contribution is 14.1. The number of hydrogen-bond donors (Lipinski definition) is 1. The van der Waals surface area contributed by atoms with Gasteiger partial charge in [-0.05, 0) is 70.8 Å². The molecule has 0 spiro atoms. The van der Waals surface area contributed by atoms with Crippen molar-refractivity contribution in [1.82, 2.24) is 0 Å². The van der Waals surface area contributed by atoms with E-state index in [0.717, 1.165) is 20.3 Å². The van der Waals surface area contributed by atoms with Gasteiger partial charge in [-0.25, -0.2) is 0 Å². The first-order chi connectivity index (χ1) is 8.50. The summed E-state index contributed by atoms with van der Waals surface area (Å²) in [4.78, 5) is 0. The second-order valence-corrected chi connectivity index (χ2v) is 5.93. The molecule has 2 aromatic carbocycles. The lowest BCUT2D eigenvalue weighted by molar-refractivity contribution is 0.219. The van der Waals surface area contributed by atoms with Crippen molar-refractivity contribution in [3.05, 3.63) is 67.2 Å². The fourth-order valence-electron chi connectivity index (χ4n) is 1.93. The van der Waals surface area contributed by atoms with Crippen LogP contribution < -0.4 is 0 Å². The molecule has 94 valence electrons. The average Bonchev–Trinajstić information content (AvgIpc) is 2.35. The number of aliphatic hydroxyl groups is 1. The molecule has 0 aliphatic heterocycles. The monoisotopic (exact) mass is 372 g/mol. The van der Waals surface area contributed by atoms with Gasteiger partial charge in [0.2, 0.25) is 0 Å². The highest BCUT2D eigenvalue weighted by Crippen LogP contribution is 2.29. The highest BCUT2D eigenvalue weighted by atomic mass is 127. The topological polar surface area (TPSA) is 20.2 Å². The van der Waals surface area contributed by atoms with Crippen molar-refractivity contribution < 1.29 is 5.11 Å². The lowest BCUT2D eigenvalue weighted by Crippen LogP contribution is -2.03. The third-order valence-electron chi connectivity index (χ3n) is 3.20. The van der Waals surface area contributed by atoms with E-state index in [1.807, 2.05) is 50.2 Å². The lowest BCUT2D eigenvalue weighted by atomic mass is 9.95. The van der Waals surface area contributed by atoms with Crippen LogP contribution in [0.3, 0.4) is 0 Å². The number of hydrogen-bond acceptors (Lipinski definition) is 1. The average molecular weight is 373 g/mol. The van der Waals surface area contributed by atoms with Gasteiger partial charge in [0, 0.05) is 3.57 Å². The van der Waals surface area contributed by atoms with Crippen molar-refractivity contribution in [2.75, 3.05) is 0 Å². The van der Waals surface area contributed by atoms with Gasteiger partial charge in [-0.3, -0.25) is 0 Å². The van der Waals surface area contributed by atoms with Crippen molar-refractivity contribution in [1.29, 1.82) is 0 Å². The summed E-state index contributed by atoms with van der Waals surface area (Å²) in [5, 5.41) is 11.1. The maximum absolute atomic E-state index is 10.5. The predicted octanol–water partition coefficient (Wildman–Crippen LogP) is 4.64. The van der Waals surface area contributed by atoms with Crippen LogP contribution in [0.25, 0.3) is 0 Å². The molecule has 3 heteroatoms. The second-order valence-electron chi connectivity index (χ2n) is 4.37. The molecule has 0 fully saturated rings. The normalized spacial score (nSPS) is 12.5. The Kier molecular flexibility index (Phi) is 4.30. The van der Waals surface area contributed by atoms with Crippen molar-refractivity contribution in [3.8, 4) is 0 Å². The summed E-state index contributed by atoms with van der Waals surface area (Å²) in [6, 6.07) is 11.6. The minimum Gasteiger partial charge on any atom is -0.384 e. The molecule has 1 atom stereocenters. The van der Waals surface area contributed by atoms with Crippen LogP contribution in [-0.4, -0.2) is 5.11 Å². The molecule has 0 radical (unpaired) electrons. The van der Waals surface area contributed by atoms with Gasteiger partial charge in [0.1, 0.15) is 6.10 Å². The van der Waals surface area contributed by atoms with Crippen LogP contribution in [0.1, 0.15) is 28.4 Å². The molecule has 2 rings (SSSR count). The molecule has 0 amide bonds. The summed E-state index contributed by atoms with van der Waals surface area (Å²) in [6.45, 7) is 4.08. The number of aliphatic hydroxyl groups excluding tert-OH is 1. The van der Waals surface area contributed by atoms with E-state index in [2.05, 4.69) is 22.6 Å². The minimum atomic E-state index is -0.626. The SMILES string of the molecule is Cc1cccc(C(O)c2ccc(I)c(Cl)c2)c1C. The van der Waals surface area contributed by atoms with E-state index in [4.69, 9.17) is 11.6 Å². The first kappa shape index (κ1) is 13.8. The maximum atomic E-state index is 10.5. The molecule has 0 heterocycles. The van der Waals surface area contributed by atoms with E-state index >= 15 is 0 Å². The molecular formula is C15H14ClIO. The van der Waals surface area contributed by atoms with Crippen LogP contribution in [0.2, 0.25) is 5.02 Å². The van der Waals surface area contributed by atoms with E-state index in [-0.39, 0.29) is 0 Å². The van der Waals surface area contributed by atoms with E-state index in [1.165, 1.54) is 5.56 Å². The van der Waals surface area contributed by atoms with E-state index in [0.29, 0.717) is 5.02 Å². The van der Waals surface area contributed by atoms with Gasteiger partial charge in [0.25, 0.3) is 0 Å². The Morgan fingerprint density at radius 1 is 1.17 bits per heavy atom. The second kappa shape index (κ2) is 5.59. The van der Waals surface area contributed by atoms with Gasteiger partial charge in [-0.1, -0.05) is 35.9 Å². The van der Waals surface area contributed by atoms with Gasteiger partial charge in [0.05, 0.1) is 5.02 Å². The zero-order valence-electron chi connectivity index (χ0n) is 10.2. The third kappa shape index (κ3) is 2.71. The third-order valence-corrected chi connectivity index (χ3v) is 4.77. The predicted molar refractivity (Wildman–Crippen MR) is 84.1 cm³/mol. The van der Waals surface area contributed by atoms with Crippen LogP contribution in [0.5, 0.6) is 0 Å². The molecule has 0 saturated carbocycles. The summed E-state index contributed by atoms with van der Waals surface area (Å²) in [5.41, 5.74) is 4.07. The summed E-state index contributed by atoms with van der Waals surface area (Å²) in [6.07, 6.45) is -0.626.